The summed E-state index contributed by atoms with van der Waals surface area (Å²) in [6.07, 6.45) is 1.76. The van der Waals surface area contributed by atoms with Gasteiger partial charge in [-0.15, -0.1) is 0 Å². The first-order valence-corrected chi connectivity index (χ1v) is 12.1. The summed E-state index contributed by atoms with van der Waals surface area (Å²) in [6, 6.07) is 11.2. The summed E-state index contributed by atoms with van der Waals surface area (Å²) in [5, 5.41) is 3.52. The number of ketones is 1. The molecule has 0 radical (unpaired) electrons. The molecule has 172 valence electrons. The Bertz CT molecular complexity index is 1390. The first-order chi connectivity index (χ1) is 15.7. The number of carbonyl (C=O) groups excluding carboxylic acids is 2. The number of nitrogens with zero attached hydrogens (tertiary/aromatic N) is 1. The monoisotopic (exact) mass is 468 g/mol. The van der Waals surface area contributed by atoms with Crippen LogP contribution in [0, 0.1) is 6.92 Å². The van der Waals surface area contributed by atoms with Crippen molar-refractivity contribution in [1.82, 2.24) is 4.31 Å². The molecule has 1 saturated heterocycles. The van der Waals surface area contributed by atoms with Gasteiger partial charge in [0.05, 0.1) is 4.90 Å². The van der Waals surface area contributed by atoms with E-state index >= 15 is 0 Å². The standard InChI is InChI=1S/C24H24N2O6S/c1-15-13-23(28)32-22-14-18(8-11-20(15)22)25-24(29)21-5-3-4-12-26(21)33(30,31)19-9-6-17(7-10-19)16(2)27/h6-11,13-14,21H,3-5,12H2,1-2H3,(H,25,29)/t21-/m0/s1. The van der Waals surface area contributed by atoms with Crippen LogP contribution in [-0.2, 0) is 14.8 Å². The number of carbonyl (C=O) groups is 2. The largest absolute Gasteiger partial charge is 0.423 e. The predicted octanol–water partition coefficient (Wildman–Crippen LogP) is 3.49. The van der Waals surface area contributed by atoms with Gasteiger partial charge in [-0.2, -0.15) is 4.31 Å². The van der Waals surface area contributed by atoms with Crippen LogP contribution in [-0.4, -0.2) is 37.0 Å². The highest BCUT2D eigenvalue weighted by Gasteiger charge is 2.37. The maximum Gasteiger partial charge on any atom is 0.336 e. The van der Waals surface area contributed by atoms with Crippen LogP contribution in [0.5, 0.6) is 0 Å². The Kier molecular flexibility index (Phi) is 6.18. The molecule has 33 heavy (non-hydrogen) atoms. The summed E-state index contributed by atoms with van der Waals surface area (Å²) in [7, 11) is -3.94. The van der Waals surface area contributed by atoms with Gasteiger partial charge in [-0.25, -0.2) is 13.2 Å². The SMILES string of the molecule is CC(=O)c1ccc(S(=O)(=O)N2CCCC[C@H]2C(=O)Nc2ccc3c(C)cc(=O)oc3c2)cc1. The van der Waals surface area contributed by atoms with Crippen LogP contribution >= 0.6 is 0 Å². The van der Waals surface area contributed by atoms with Crippen LogP contribution in [0.25, 0.3) is 11.0 Å². The molecule has 0 unspecified atom stereocenters. The number of fused-ring (bicyclic) bond motifs is 1. The molecule has 0 aliphatic carbocycles. The molecular formula is C24H24N2O6S. The molecule has 1 fully saturated rings. The molecule has 2 aromatic carbocycles. The van der Waals surface area contributed by atoms with Crippen molar-refractivity contribution >= 4 is 38.4 Å². The molecule has 9 heteroatoms. The van der Waals surface area contributed by atoms with Gasteiger partial charge in [0.1, 0.15) is 11.6 Å². The van der Waals surface area contributed by atoms with E-state index in [1.807, 2.05) is 0 Å². The first-order valence-electron chi connectivity index (χ1n) is 10.6. The number of Topliss-reactive ketones (excluding diaryl/α,β-unsaturated/α-hetero) is 1. The number of hydrogen-bond acceptors (Lipinski definition) is 6. The maximum atomic E-state index is 13.3. The van der Waals surface area contributed by atoms with E-state index in [1.165, 1.54) is 41.6 Å². The van der Waals surface area contributed by atoms with E-state index in [9.17, 15) is 22.8 Å². The van der Waals surface area contributed by atoms with Crippen molar-refractivity contribution in [3.05, 3.63) is 70.1 Å². The molecule has 2 heterocycles. The topological polar surface area (TPSA) is 114 Å². The average molecular weight is 469 g/mol. The van der Waals surface area contributed by atoms with Gasteiger partial charge >= 0.3 is 5.63 Å². The fourth-order valence-corrected chi connectivity index (χ4v) is 5.74. The van der Waals surface area contributed by atoms with Crippen molar-refractivity contribution in [1.29, 1.82) is 0 Å². The molecule has 3 aromatic rings. The highest BCUT2D eigenvalue weighted by Crippen LogP contribution is 2.27. The third-order valence-corrected chi connectivity index (χ3v) is 7.77. The minimum Gasteiger partial charge on any atom is -0.423 e. The van der Waals surface area contributed by atoms with Gasteiger partial charge in [0.15, 0.2) is 5.78 Å². The van der Waals surface area contributed by atoms with E-state index in [1.54, 1.807) is 25.1 Å². The predicted molar refractivity (Wildman–Crippen MR) is 124 cm³/mol. The molecule has 8 nitrogen and oxygen atoms in total. The van der Waals surface area contributed by atoms with Crippen molar-refractivity contribution in [3.8, 4) is 0 Å². The Morgan fingerprint density at radius 2 is 1.79 bits per heavy atom. The first kappa shape index (κ1) is 22.9. The van der Waals surface area contributed by atoms with Gasteiger partial charge < -0.3 is 9.73 Å². The van der Waals surface area contributed by atoms with E-state index in [0.717, 1.165) is 17.4 Å². The minimum atomic E-state index is -3.94. The summed E-state index contributed by atoms with van der Waals surface area (Å²) in [6.45, 7) is 3.43. The number of aryl methyl sites for hydroxylation is 1. The molecule has 0 spiro atoms. The lowest BCUT2D eigenvalue weighted by Crippen LogP contribution is -2.49. The molecule has 0 bridgehead atoms. The summed E-state index contributed by atoms with van der Waals surface area (Å²) >= 11 is 0. The van der Waals surface area contributed by atoms with E-state index in [2.05, 4.69) is 5.32 Å². The molecule has 1 aliphatic heterocycles. The smallest absolute Gasteiger partial charge is 0.336 e. The fraction of sp³-hybridized carbons (Fsp3) is 0.292. The lowest BCUT2D eigenvalue weighted by molar-refractivity contribution is -0.120. The van der Waals surface area contributed by atoms with Gasteiger partial charge in [-0.1, -0.05) is 18.6 Å². The van der Waals surface area contributed by atoms with E-state index in [-0.39, 0.29) is 17.2 Å². The second kappa shape index (κ2) is 8.92. The van der Waals surface area contributed by atoms with Gasteiger partial charge in [0.2, 0.25) is 15.9 Å². The Morgan fingerprint density at radius 1 is 1.06 bits per heavy atom. The number of benzene rings is 2. The normalized spacial score (nSPS) is 17.1. The Hall–Kier alpha value is -3.30. The molecular weight excluding hydrogens is 444 g/mol. The van der Waals surface area contributed by atoms with Crippen LogP contribution in [0.3, 0.4) is 0 Å². The van der Waals surface area contributed by atoms with Crippen molar-refractivity contribution in [2.24, 2.45) is 0 Å². The molecule has 1 aliphatic rings. The molecule has 0 saturated carbocycles. The maximum absolute atomic E-state index is 13.3. The number of nitrogens with one attached hydrogen (secondary N) is 1. The van der Waals surface area contributed by atoms with E-state index in [0.29, 0.717) is 29.7 Å². The lowest BCUT2D eigenvalue weighted by atomic mass is 10.0. The minimum absolute atomic E-state index is 0.0372. The second-order valence-electron chi connectivity index (χ2n) is 8.16. The highest BCUT2D eigenvalue weighted by atomic mass is 32.2. The van der Waals surface area contributed by atoms with Crippen LogP contribution < -0.4 is 10.9 Å². The van der Waals surface area contributed by atoms with Crippen LogP contribution in [0.4, 0.5) is 5.69 Å². The highest BCUT2D eigenvalue weighted by molar-refractivity contribution is 7.89. The van der Waals surface area contributed by atoms with E-state index in [4.69, 9.17) is 4.42 Å². The zero-order valence-electron chi connectivity index (χ0n) is 18.3. The van der Waals surface area contributed by atoms with Crippen molar-refractivity contribution in [2.45, 2.75) is 44.0 Å². The number of piperidine rings is 1. The fourth-order valence-electron chi connectivity index (χ4n) is 4.08. The summed E-state index contributed by atoms with van der Waals surface area (Å²) in [4.78, 5) is 36.3. The summed E-state index contributed by atoms with van der Waals surface area (Å²) in [5.41, 5.74) is 1.45. The molecule has 1 amide bonds. The molecule has 4 rings (SSSR count). The zero-order chi connectivity index (χ0) is 23.8. The van der Waals surface area contributed by atoms with Gasteiger partial charge in [0, 0.05) is 35.3 Å². The van der Waals surface area contributed by atoms with Gasteiger partial charge in [0.25, 0.3) is 0 Å². The molecule has 1 aromatic heterocycles. The van der Waals surface area contributed by atoms with Crippen LogP contribution in [0.15, 0.2) is 62.6 Å². The van der Waals surface area contributed by atoms with Gasteiger partial charge in [-0.3, -0.25) is 9.59 Å². The van der Waals surface area contributed by atoms with Crippen LogP contribution in [0.2, 0.25) is 0 Å². The Labute approximate surface area is 191 Å². The summed E-state index contributed by atoms with van der Waals surface area (Å²) < 4.78 is 33.0. The van der Waals surface area contributed by atoms with Crippen molar-refractivity contribution in [3.63, 3.8) is 0 Å². The number of rotatable bonds is 5. The van der Waals surface area contributed by atoms with Crippen molar-refractivity contribution < 1.29 is 22.4 Å². The molecule has 1 N–H and O–H groups in total. The van der Waals surface area contributed by atoms with Crippen molar-refractivity contribution in [2.75, 3.05) is 11.9 Å². The van der Waals surface area contributed by atoms with Gasteiger partial charge in [-0.05, 0) is 56.5 Å². The third kappa shape index (κ3) is 4.60. The van der Waals surface area contributed by atoms with E-state index < -0.39 is 27.6 Å². The quantitative estimate of drug-likeness (QED) is 0.453. The number of anilines is 1. The van der Waals surface area contributed by atoms with Crippen LogP contribution in [0.1, 0.15) is 42.1 Å². The Balaban J connectivity index is 1.60. The summed E-state index contributed by atoms with van der Waals surface area (Å²) in [5.74, 6) is -0.608. The zero-order valence-corrected chi connectivity index (χ0v) is 19.1. The molecule has 1 atom stereocenters. The lowest BCUT2D eigenvalue weighted by Gasteiger charge is -2.33. The number of amides is 1. The Morgan fingerprint density at radius 3 is 2.48 bits per heavy atom. The average Bonchev–Trinajstić information content (AvgIpc) is 2.78. The number of hydrogen-bond donors (Lipinski definition) is 1. The third-order valence-electron chi connectivity index (χ3n) is 5.84. The second-order valence-corrected chi connectivity index (χ2v) is 10.0. The number of sulfonamides is 1.